The molecule has 2 aliphatic heterocycles. The van der Waals surface area contributed by atoms with Crippen molar-refractivity contribution in [2.45, 2.75) is 11.8 Å². The number of para-hydroxylation sites is 1. The zero-order valence-electron chi connectivity index (χ0n) is 14.5. The van der Waals surface area contributed by atoms with Crippen LogP contribution in [0.4, 0.5) is 5.69 Å². The van der Waals surface area contributed by atoms with Crippen LogP contribution in [0.25, 0.3) is 0 Å². The Balaban J connectivity index is 1.75. The molecule has 0 saturated heterocycles. The minimum Gasteiger partial charge on any atom is -0.465 e. The molecule has 0 aromatic heterocycles. The maximum atomic E-state index is 12.5. The van der Waals surface area contributed by atoms with E-state index in [4.69, 9.17) is 9.47 Å². The largest absolute Gasteiger partial charge is 0.465 e. The lowest BCUT2D eigenvalue weighted by Crippen LogP contribution is -2.28. The molecule has 2 heterocycles. The maximum Gasteiger partial charge on any atom is 0.366 e. The van der Waals surface area contributed by atoms with Crippen molar-refractivity contribution in [3.8, 4) is 0 Å². The zero-order valence-corrected chi connectivity index (χ0v) is 15.4. The van der Waals surface area contributed by atoms with Gasteiger partial charge in [-0.3, -0.25) is 4.79 Å². The number of esters is 2. The Morgan fingerprint density at radius 3 is 2.67 bits per heavy atom. The van der Waals surface area contributed by atoms with Gasteiger partial charge in [0.2, 0.25) is 5.90 Å². The molecule has 7 heteroatoms. The van der Waals surface area contributed by atoms with Crippen LogP contribution in [0, 0.1) is 0 Å². The van der Waals surface area contributed by atoms with Crippen LogP contribution in [0.2, 0.25) is 0 Å². The third-order valence-corrected chi connectivity index (χ3v) is 5.19. The van der Waals surface area contributed by atoms with Gasteiger partial charge in [0, 0.05) is 10.5 Å². The van der Waals surface area contributed by atoms with Crippen molar-refractivity contribution in [1.29, 1.82) is 0 Å². The van der Waals surface area contributed by atoms with Crippen molar-refractivity contribution in [2.75, 3.05) is 18.1 Å². The summed E-state index contributed by atoms with van der Waals surface area (Å²) in [6.45, 7) is 2.06. The molecular formula is C20H16N2O4S. The fraction of sp³-hybridized carbons (Fsp3) is 0.150. The quantitative estimate of drug-likeness (QED) is 0.599. The van der Waals surface area contributed by atoms with Crippen LogP contribution in [0.15, 0.2) is 75.2 Å². The summed E-state index contributed by atoms with van der Waals surface area (Å²) in [6, 6.07) is 16.9. The smallest absolute Gasteiger partial charge is 0.366 e. The van der Waals surface area contributed by atoms with Crippen LogP contribution in [-0.4, -0.2) is 31.0 Å². The van der Waals surface area contributed by atoms with Crippen molar-refractivity contribution in [3.05, 3.63) is 70.9 Å². The Hall–Kier alpha value is -3.06. The van der Waals surface area contributed by atoms with Gasteiger partial charge in [0.1, 0.15) is 11.6 Å². The summed E-state index contributed by atoms with van der Waals surface area (Å²) in [7, 11) is 0. The Labute approximate surface area is 160 Å². The molecule has 0 aliphatic carbocycles. The molecule has 0 N–H and O–H groups in total. The third kappa shape index (κ3) is 3.33. The van der Waals surface area contributed by atoms with Gasteiger partial charge in [-0.15, -0.1) is 0 Å². The first-order valence-corrected chi connectivity index (χ1v) is 9.29. The molecule has 0 fully saturated rings. The summed E-state index contributed by atoms with van der Waals surface area (Å²) < 4.78 is 10.5. The normalized spacial score (nSPS) is 18.2. The number of rotatable bonds is 4. The monoisotopic (exact) mass is 380 g/mol. The molecule has 2 aromatic carbocycles. The highest BCUT2D eigenvalue weighted by Crippen LogP contribution is 2.47. The molecule has 2 aromatic rings. The number of hydrogen-bond acceptors (Lipinski definition) is 7. The van der Waals surface area contributed by atoms with E-state index in [2.05, 4.69) is 4.99 Å². The summed E-state index contributed by atoms with van der Waals surface area (Å²) >= 11 is 1.39. The summed E-state index contributed by atoms with van der Waals surface area (Å²) in [6.07, 6.45) is 0. The number of hydrogen-bond donors (Lipinski definition) is 0. The van der Waals surface area contributed by atoms with Gasteiger partial charge in [0.05, 0.1) is 12.3 Å². The van der Waals surface area contributed by atoms with Crippen molar-refractivity contribution in [2.24, 2.45) is 4.99 Å². The fourth-order valence-corrected chi connectivity index (χ4v) is 3.99. The van der Waals surface area contributed by atoms with Gasteiger partial charge in [-0.2, -0.15) is 0 Å². The first-order valence-electron chi connectivity index (χ1n) is 8.48. The van der Waals surface area contributed by atoms with E-state index >= 15 is 0 Å². The molecular weight excluding hydrogens is 364 g/mol. The van der Waals surface area contributed by atoms with E-state index in [9.17, 15) is 9.59 Å². The summed E-state index contributed by atoms with van der Waals surface area (Å²) in [5.41, 5.74) is 1.76. The number of thioether (sulfide) groups is 1. The number of benzene rings is 2. The summed E-state index contributed by atoms with van der Waals surface area (Å²) in [5.74, 6) is -0.639. The number of carbonyl (C=O) groups is 2. The number of ether oxygens (including phenoxy) is 2. The number of anilines is 1. The number of carbonyl (C=O) groups excluding carboxylic acids is 2. The first-order chi connectivity index (χ1) is 13.2. The van der Waals surface area contributed by atoms with E-state index in [1.54, 1.807) is 11.8 Å². The van der Waals surface area contributed by atoms with E-state index in [0.29, 0.717) is 11.6 Å². The average Bonchev–Trinajstić information content (AvgIpc) is 3.23. The number of aliphatic imine (C=N–C) groups is 1. The topological polar surface area (TPSA) is 68.2 Å². The predicted molar refractivity (Wildman–Crippen MR) is 102 cm³/mol. The molecule has 0 saturated carbocycles. The van der Waals surface area contributed by atoms with E-state index in [-0.39, 0.29) is 24.1 Å². The molecule has 4 rings (SSSR count). The second-order valence-corrected chi connectivity index (χ2v) is 6.82. The minimum absolute atomic E-state index is 0.000156. The molecule has 0 atom stereocenters. The minimum atomic E-state index is -0.530. The standard InChI is InChI=1S/C20H16N2O4S/c1-2-25-16(23)12-22-14-10-6-7-11-15(14)27-19(22)17-20(24)26-18(21-17)13-8-4-3-5-9-13/h3-11H,2,12H2,1H3. The zero-order chi connectivity index (χ0) is 18.8. The Bertz CT molecular complexity index is 969. The molecule has 136 valence electrons. The van der Waals surface area contributed by atoms with E-state index in [1.165, 1.54) is 11.8 Å². The first kappa shape index (κ1) is 17.4. The summed E-state index contributed by atoms with van der Waals surface area (Å²) in [4.78, 5) is 31.7. The lowest BCUT2D eigenvalue weighted by molar-refractivity contribution is -0.141. The molecule has 0 amide bonds. The van der Waals surface area contributed by atoms with Gasteiger partial charge in [-0.05, 0) is 31.2 Å². The molecule has 27 heavy (non-hydrogen) atoms. The molecule has 6 nitrogen and oxygen atoms in total. The summed E-state index contributed by atoms with van der Waals surface area (Å²) in [5, 5.41) is 0.570. The fourth-order valence-electron chi connectivity index (χ4n) is 2.85. The van der Waals surface area contributed by atoms with Crippen molar-refractivity contribution >= 4 is 35.3 Å². The predicted octanol–water partition coefficient (Wildman–Crippen LogP) is 3.33. The van der Waals surface area contributed by atoms with Crippen LogP contribution < -0.4 is 4.90 Å². The van der Waals surface area contributed by atoms with Crippen LogP contribution >= 0.6 is 11.8 Å². The molecule has 0 unspecified atom stereocenters. The molecule has 0 radical (unpaired) electrons. The third-order valence-electron chi connectivity index (χ3n) is 4.02. The number of cyclic esters (lactones) is 1. The molecule has 0 bridgehead atoms. The van der Waals surface area contributed by atoms with Gasteiger partial charge in [-0.1, -0.05) is 42.1 Å². The van der Waals surface area contributed by atoms with E-state index in [0.717, 1.165) is 16.1 Å². The van der Waals surface area contributed by atoms with Crippen molar-refractivity contribution < 1.29 is 19.1 Å². The second-order valence-electron chi connectivity index (χ2n) is 5.79. The molecule has 0 spiro atoms. The van der Waals surface area contributed by atoms with Gasteiger partial charge in [0.15, 0.2) is 5.70 Å². The van der Waals surface area contributed by atoms with E-state index in [1.807, 2.05) is 54.6 Å². The maximum absolute atomic E-state index is 12.5. The van der Waals surface area contributed by atoms with Crippen LogP contribution in [0.1, 0.15) is 12.5 Å². The number of nitrogens with zero attached hydrogens (tertiary/aromatic N) is 2. The lowest BCUT2D eigenvalue weighted by atomic mass is 10.2. The van der Waals surface area contributed by atoms with Crippen LogP contribution in [-0.2, 0) is 19.1 Å². The highest BCUT2D eigenvalue weighted by atomic mass is 32.2. The number of fused-ring (bicyclic) bond motifs is 1. The SMILES string of the molecule is CCOC(=O)CN1C(=C2N=C(c3ccccc3)OC2=O)Sc2ccccc21. The second kappa shape index (κ2) is 7.28. The van der Waals surface area contributed by atoms with Gasteiger partial charge < -0.3 is 14.4 Å². The van der Waals surface area contributed by atoms with Crippen LogP contribution in [0.3, 0.4) is 0 Å². The van der Waals surface area contributed by atoms with Gasteiger partial charge >= 0.3 is 11.9 Å². The Morgan fingerprint density at radius 2 is 1.89 bits per heavy atom. The Morgan fingerprint density at radius 1 is 1.15 bits per heavy atom. The highest BCUT2D eigenvalue weighted by Gasteiger charge is 2.36. The van der Waals surface area contributed by atoms with Crippen molar-refractivity contribution in [1.82, 2.24) is 0 Å². The van der Waals surface area contributed by atoms with E-state index < -0.39 is 5.97 Å². The van der Waals surface area contributed by atoms with Crippen molar-refractivity contribution in [3.63, 3.8) is 0 Å². The Kier molecular flexibility index (Phi) is 4.68. The highest BCUT2D eigenvalue weighted by molar-refractivity contribution is 8.03. The van der Waals surface area contributed by atoms with Gasteiger partial charge in [-0.25, -0.2) is 9.79 Å². The van der Waals surface area contributed by atoms with Gasteiger partial charge in [0.25, 0.3) is 0 Å². The lowest BCUT2D eigenvalue weighted by Gasteiger charge is -2.19. The van der Waals surface area contributed by atoms with Crippen LogP contribution in [0.5, 0.6) is 0 Å². The average molecular weight is 380 g/mol. The molecule has 2 aliphatic rings.